The summed E-state index contributed by atoms with van der Waals surface area (Å²) >= 11 is 0. The molecule has 0 atom stereocenters. The lowest BCUT2D eigenvalue weighted by Gasteiger charge is -2.16. The SMILES string of the molecule is COc1c(C)cnc(Cn2c(C)cc(C(F)(F)F)cc2=O)c1C. The molecule has 0 saturated heterocycles. The Morgan fingerprint density at radius 2 is 1.87 bits per heavy atom. The molecule has 23 heavy (non-hydrogen) atoms. The van der Waals surface area contributed by atoms with E-state index in [0.717, 1.165) is 17.2 Å². The number of halogens is 3. The third-order valence-corrected chi connectivity index (χ3v) is 3.72. The van der Waals surface area contributed by atoms with Gasteiger partial charge in [0.2, 0.25) is 0 Å². The minimum absolute atomic E-state index is 0.0886. The van der Waals surface area contributed by atoms with Crippen molar-refractivity contribution in [2.24, 2.45) is 0 Å². The fourth-order valence-electron chi connectivity index (χ4n) is 2.48. The molecule has 0 aliphatic rings. The Balaban J connectivity index is 2.48. The first kappa shape index (κ1) is 17.1. The van der Waals surface area contributed by atoms with Gasteiger partial charge in [0.15, 0.2) is 0 Å². The van der Waals surface area contributed by atoms with Crippen molar-refractivity contribution in [3.63, 3.8) is 0 Å². The summed E-state index contributed by atoms with van der Waals surface area (Å²) in [6, 6.07) is 1.57. The van der Waals surface area contributed by atoms with Gasteiger partial charge in [-0.3, -0.25) is 9.78 Å². The van der Waals surface area contributed by atoms with E-state index >= 15 is 0 Å². The van der Waals surface area contributed by atoms with Crippen LogP contribution in [0.4, 0.5) is 13.2 Å². The summed E-state index contributed by atoms with van der Waals surface area (Å²) in [5.41, 5.74) is 0.771. The zero-order valence-electron chi connectivity index (χ0n) is 13.3. The molecule has 0 spiro atoms. The van der Waals surface area contributed by atoms with Gasteiger partial charge in [0.05, 0.1) is 24.9 Å². The lowest BCUT2D eigenvalue weighted by atomic mass is 10.1. The second-order valence-corrected chi connectivity index (χ2v) is 5.35. The number of pyridine rings is 2. The van der Waals surface area contributed by atoms with Crippen LogP contribution in [0.25, 0.3) is 0 Å². The summed E-state index contributed by atoms with van der Waals surface area (Å²) in [7, 11) is 1.54. The van der Waals surface area contributed by atoms with Crippen LogP contribution in [0.15, 0.2) is 23.1 Å². The lowest BCUT2D eigenvalue weighted by molar-refractivity contribution is -0.137. The molecular weight excluding hydrogens is 309 g/mol. The summed E-state index contributed by atoms with van der Waals surface area (Å²) in [4.78, 5) is 16.3. The van der Waals surface area contributed by atoms with E-state index in [0.29, 0.717) is 17.5 Å². The van der Waals surface area contributed by atoms with Gasteiger partial charge in [-0.1, -0.05) is 0 Å². The Morgan fingerprint density at radius 1 is 1.22 bits per heavy atom. The van der Waals surface area contributed by atoms with E-state index in [-0.39, 0.29) is 12.2 Å². The highest BCUT2D eigenvalue weighted by molar-refractivity contribution is 5.41. The summed E-state index contributed by atoms with van der Waals surface area (Å²) in [5, 5.41) is 0. The van der Waals surface area contributed by atoms with Crippen molar-refractivity contribution in [3.05, 3.63) is 56.8 Å². The number of methoxy groups -OCH3 is 1. The zero-order valence-corrected chi connectivity index (χ0v) is 13.3. The number of rotatable bonds is 3. The van der Waals surface area contributed by atoms with Crippen LogP contribution in [0.5, 0.6) is 5.75 Å². The van der Waals surface area contributed by atoms with Gasteiger partial charge in [0.25, 0.3) is 5.56 Å². The number of hydrogen-bond acceptors (Lipinski definition) is 3. The smallest absolute Gasteiger partial charge is 0.416 e. The van der Waals surface area contributed by atoms with Crippen LogP contribution in [-0.2, 0) is 12.7 Å². The summed E-state index contributed by atoms with van der Waals surface area (Å²) in [6.45, 7) is 5.21. The quantitative estimate of drug-likeness (QED) is 0.870. The standard InChI is InChI=1S/C16H17F3N2O2/c1-9-7-20-13(11(3)15(9)23-4)8-21-10(2)5-12(6-14(21)22)16(17,18)19/h5-7H,8H2,1-4H3. The molecule has 2 aromatic rings. The van der Waals surface area contributed by atoms with Gasteiger partial charge >= 0.3 is 6.18 Å². The van der Waals surface area contributed by atoms with Gasteiger partial charge in [-0.05, 0) is 26.8 Å². The second-order valence-electron chi connectivity index (χ2n) is 5.35. The van der Waals surface area contributed by atoms with Gasteiger partial charge in [-0.15, -0.1) is 0 Å². The Hall–Kier alpha value is -2.31. The van der Waals surface area contributed by atoms with Crippen LogP contribution in [-0.4, -0.2) is 16.7 Å². The predicted octanol–water partition coefficient (Wildman–Crippen LogP) is 3.24. The first-order chi connectivity index (χ1) is 10.6. The number of ether oxygens (including phenoxy) is 1. The lowest BCUT2D eigenvalue weighted by Crippen LogP contribution is -2.25. The van der Waals surface area contributed by atoms with Gasteiger partial charge in [0, 0.05) is 29.1 Å². The van der Waals surface area contributed by atoms with Crippen molar-refractivity contribution in [2.45, 2.75) is 33.5 Å². The largest absolute Gasteiger partial charge is 0.496 e. The first-order valence-corrected chi connectivity index (χ1v) is 6.93. The number of aromatic nitrogens is 2. The average molecular weight is 326 g/mol. The van der Waals surface area contributed by atoms with Crippen molar-refractivity contribution in [1.29, 1.82) is 0 Å². The van der Waals surface area contributed by atoms with Crippen molar-refractivity contribution in [1.82, 2.24) is 9.55 Å². The van der Waals surface area contributed by atoms with E-state index in [1.807, 2.05) is 6.92 Å². The van der Waals surface area contributed by atoms with Crippen LogP contribution >= 0.6 is 0 Å². The molecule has 0 saturated carbocycles. The van der Waals surface area contributed by atoms with Crippen molar-refractivity contribution in [2.75, 3.05) is 7.11 Å². The zero-order chi connectivity index (χ0) is 17.4. The van der Waals surface area contributed by atoms with Crippen molar-refractivity contribution in [3.8, 4) is 5.75 Å². The molecule has 0 unspecified atom stereocenters. The molecule has 0 aliphatic heterocycles. The average Bonchev–Trinajstić information content (AvgIpc) is 2.44. The third-order valence-electron chi connectivity index (χ3n) is 3.72. The molecule has 0 aliphatic carbocycles. The first-order valence-electron chi connectivity index (χ1n) is 6.93. The molecule has 0 N–H and O–H groups in total. The fraction of sp³-hybridized carbons (Fsp3) is 0.375. The Labute approximate surface area is 131 Å². The van der Waals surface area contributed by atoms with Gasteiger partial charge in [-0.25, -0.2) is 0 Å². The van der Waals surface area contributed by atoms with Crippen LogP contribution in [0.2, 0.25) is 0 Å². The Bertz CT molecular complexity index is 795. The van der Waals surface area contributed by atoms with Crippen LogP contribution in [0.1, 0.15) is 28.1 Å². The summed E-state index contributed by atoms with van der Waals surface area (Å²) in [6.07, 6.45) is -2.92. The maximum Gasteiger partial charge on any atom is 0.416 e. The third kappa shape index (κ3) is 3.38. The van der Waals surface area contributed by atoms with Gasteiger partial charge < -0.3 is 9.30 Å². The minimum Gasteiger partial charge on any atom is -0.496 e. The summed E-state index contributed by atoms with van der Waals surface area (Å²) in [5.74, 6) is 0.660. The minimum atomic E-state index is -4.54. The molecule has 4 nitrogen and oxygen atoms in total. The van der Waals surface area contributed by atoms with Crippen LogP contribution in [0.3, 0.4) is 0 Å². The van der Waals surface area contributed by atoms with Crippen LogP contribution < -0.4 is 10.3 Å². The summed E-state index contributed by atoms with van der Waals surface area (Å²) < 4.78 is 44.8. The molecule has 0 fully saturated rings. The molecule has 124 valence electrons. The number of aryl methyl sites for hydroxylation is 2. The second kappa shape index (κ2) is 6.06. The monoisotopic (exact) mass is 326 g/mol. The van der Waals surface area contributed by atoms with Crippen molar-refractivity contribution < 1.29 is 17.9 Å². The Kier molecular flexibility index (Phi) is 4.49. The molecule has 2 heterocycles. The topological polar surface area (TPSA) is 44.1 Å². The molecule has 7 heteroatoms. The molecule has 2 aromatic heterocycles. The molecule has 0 radical (unpaired) electrons. The van der Waals surface area contributed by atoms with E-state index < -0.39 is 17.3 Å². The number of hydrogen-bond donors (Lipinski definition) is 0. The van der Waals surface area contributed by atoms with Crippen molar-refractivity contribution >= 4 is 0 Å². The van der Waals surface area contributed by atoms with E-state index in [2.05, 4.69) is 4.98 Å². The van der Waals surface area contributed by atoms with Gasteiger partial charge in [-0.2, -0.15) is 13.2 Å². The fourth-order valence-corrected chi connectivity index (χ4v) is 2.48. The van der Waals surface area contributed by atoms with E-state index in [9.17, 15) is 18.0 Å². The highest BCUT2D eigenvalue weighted by atomic mass is 19.4. The molecule has 2 rings (SSSR count). The predicted molar refractivity (Wildman–Crippen MR) is 79.8 cm³/mol. The normalized spacial score (nSPS) is 11.6. The Morgan fingerprint density at radius 3 is 2.39 bits per heavy atom. The maximum atomic E-state index is 12.7. The molecule has 0 aromatic carbocycles. The van der Waals surface area contributed by atoms with E-state index in [4.69, 9.17) is 4.74 Å². The molecule has 0 bridgehead atoms. The molecule has 0 amide bonds. The maximum absolute atomic E-state index is 12.7. The highest BCUT2D eigenvalue weighted by Crippen LogP contribution is 2.29. The van der Waals surface area contributed by atoms with Crippen LogP contribution in [0, 0.1) is 20.8 Å². The van der Waals surface area contributed by atoms with E-state index in [1.54, 1.807) is 13.1 Å². The highest BCUT2D eigenvalue weighted by Gasteiger charge is 2.31. The number of nitrogens with zero attached hydrogens (tertiary/aromatic N) is 2. The number of alkyl halides is 3. The molecular formula is C16H17F3N2O2. The van der Waals surface area contributed by atoms with Gasteiger partial charge in [0.1, 0.15) is 5.75 Å². The van der Waals surface area contributed by atoms with E-state index in [1.165, 1.54) is 18.6 Å².